The highest BCUT2D eigenvalue weighted by Gasteiger charge is 2.27. The number of aliphatic carboxylic acids is 1. The Morgan fingerprint density at radius 2 is 0.531 bits per heavy atom. The molecule has 4 amide bonds. The number of rotatable bonds is 53. The summed E-state index contributed by atoms with van der Waals surface area (Å²) in [6.45, 7) is 12.2. The minimum Gasteiger partial charge on any atom is -0.480 e. The number of hydrogen-bond acceptors (Lipinski definition) is 15. The van der Waals surface area contributed by atoms with Crippen LogP contribution in [0.1, 0.15) is 84.7 Å². The maximum atomic E-state index is 15.3. The molecule has 6 aromatic carbocycles. The zero-order chi connectivity index (χ0) is 69.6. The summed E-state index contributed by atoms with van der Waals surface area (Å²) in [6, 6.07) is 60.3. The van der Waals surface area contributed by atoms with Crippen LogP contribution in [0.25, 0.3) is 0 Å². The summed E-state index contributed by atoms with van der Waals surface area (Å²) in [4.78, 5) is 90.2. The number of carbonyl (C=O) groups is 5. The zero-order valence-electron chi connectivity index (χ0n) is 58.3. The normalized spacial score (nSPS) is 11.5. The van der Waals surface area contributed by atoms with Gasteiger partial charge in [0, 0.05) is 111 Å². The van der Waals surface area contributed by atoms with Crippen molar-refractivity contribution < 1.29 is 29.1 Å². The van der Waals surface area contributed by atoms with Crippen LogP contribution in [-0.2, 0) is 63.2 Å². The standard InChI is InChI=1S/C78H114N14O6/c79-39-19-23-43-83-44-48-86(57-68-27-7-1-8-28-68)65-76(95)90(60-71-33-13-4-14-34-71)54-49-84(45-24-20-40-80)63-75(94)92(62-73-37-17-6-18-38-73)56-52-88(59-70-31-11-3-12-32-70)64-74(93)89(47-26-22-42-82)53-51-87(58-69-29-9-2-10-30-69)66-77(96)91(61-72-35-15-5-16-36-72)55-50-85(67-78(97)98)46-25-21-41-81/h1-18,27-38,83H,19-26,39-67,79-82H2,(H,97,98). The highest BCUT2D eigenvalue weighted by molar-refractivity contribution is 5.80. The van der Waals surface area contributed by atoms with E-state index < -0.39 is 5.97 Å². The third-order valence-corrected chi connectivity index (χ3v) is 17.5. The topological polar surface area (TPSA) is 251 Å². The number of benzene rings is 6. The van der Waals surface area contributed by atoms with Crippen LogP contribution in [0.15, 0.2) is 182 Å². The second kappa shape index (κ2) is 48.1. The Balaban J connectivity index is 1.22. The number of carboxylic acid groups (broad SMARTS) is 1. The van der Waals surface area contributed by atoms with Crippen molar-refractivity contribution >= 4 is 29.6 Å². The summed E-state index contributed by atoms with van der Waals surface area (Å²) in [7, 11) is 0. The average molecular weight is 1340 g/mol. The van der Waals surface area contributed by atoms with Gasteiger partial charge in [-0.2, -0.15) is 0 Å². The van der Waals surface area contributed by atoms with Crippen molar-refractivity contribution in [3.8, 4) is 0 Å². The summed E-state index contributed by atoms with van der Waals surface area (Å²) >= 11 is 0. The lowest BCUT2D eigenvalue weighted by molar-refractivity contribution is -0.139. The first-order chi connectivity index (χ1) is 47.9. The first-order valence-corrected chi connectivity index (χ1v) is 35.6. The molecule has 0 unspecified atom stereocenters. The fourth-order valence-corrected chi connectivity index (χ4v) is 11.9. The molecule has 0 bridgehead atoms. The van der Waals surface area contributed by atoms with Gasteiger partial charge in [-0.15, -0.1) is 0 Å². The Bertz CT molecular complexity index is 3090. The largest absolute Gasteiger partial charge is 0.480 e. The Labute approximate surface area is 584 Å². The molecule has 0 saturated carbocycles. The van der Waals surface area contributed by atoms with Gasteiger partial charge in [0.15, 0.2) is 0 Å². The van der Waals surface area contributed by atoms with Crippen LogP contribution in [0.5, 0.6) is 0 Å². The quantitative estimate of drug-likeness (QED) is 0.0219. The molecule has 0 spiro atoms. The maximum Gasteiger partial charge on any atom is 0.317 e. The fourth-order valence-electron chi connectivity index (χ4n) is 11.9. The van der Waals surface area contributed by atoms with E-state index in [4.69, 9.17) is 22.9 Å². The van der Waals surface area contributed by atoms with Crippen LogP contribution in [0.3, 0.4) is 0 Å². The molecule has 0 aliphatic heterocycles. The van der Waals surface area contributed by atoms with Crippen molar-refractivity contribution in [1.29, 1.82) is 0 Å². The molecule has 6 rings (SSSR count). The molecule has 0 saturated heterocycles. The van der Waals surface area contributed by atoms with Gasteiger partial charge in [0.05, 0.1) is 32.7 Å². The molecule has 532 valence electrons. The van der Waals surface area contributed by atoms with E-state index in [1.54, 1.807) is 0 Å². The van der Waals surface area contributed by atoms with E-state index in [1.165, 1.54) is 0 Å². The van der Waals surface area contributed by atoms with Gasteiger partial charge in [0.2, 0.25) is 23.6 Å². The van der Waals surface area contributed by atoms with Gasteiger partial charge in [-0.1, -0.05) is 182 Å². The molecule has 6 aromatic rings. The van der Waals surface area contributed by atoms with Crippen LogP contribution in [0, 0.1) is 0 Å². The van der Waals surface area contributed by atoms with Crippen molar-refractivity contribution in [1.82, 2.24) is 49.4 Å². The monoisotopic (exact) mass is 1340 g/mol. The number of carboxylic acids is 1. The average Bonchev–Trinajstić information content (AvgIpc) is 0.933. The van der Waals surface area contributed by atoms with Gasteiger partial charge in [-0.25, -0.2) is 0 Å². The summed E-state index contributed by atoms with van der Waals surface area (Å²) in [6.07, 6.45) is 6.47. The van der Waals surface area contributed by atoms with Gasteiger partial charge in [0.1, 0.15) is 0 Å². The number of unbranched alkanes of at least 4 members (excludes halogenated alkanes) is 4. The van der Waals surface area contributed by atoms with Crippen LogP contribution < -0.4 is 28.3 Å². The lowest BCUT2D eigenvalue weighted by Crippen LogP contribution is -2.49. The maximum absolute atomic E-state index is 15.3. The molecular weight excluding hydrogens is 1230 g/mol. The van der Waals surface area contributed by atoms with Gasteiger partial charge < -0.3 is 53.0 Å². The van der Waals surface area contributed by atoms with Crippen LogP contribution in [0.4, 0.5) is 0 Å². The Hall–Kier alpha value is -7.73. The van der Waals surface area contributed by atoms with Gasteiger partial charge in [-0.3, -0.25) is 48.5 Å². The molecule has 98 heavy (non-hydrogen) atoms. The first-order valence-electron chi connectivity index (χ1n) is 35.6. The molecule has 0 aliphatic rings. The summed E-state index contributed by atoms with van der Waals surface area (Å²) < 4.78 is 0. The van der Waals surface area contributed by atoms with Gasteiger partial charge in [-0.05, 0) is 131 Å². The van der Waals surface area contributed by atoms with E-state index in [2.05, 4.69) is 61.3 Å². The SMILES string of the molecule is NCCCCNCCN(CC(=O)N(CCN(CCCCN)CC(=O)N(CCN(CC(=O)N(CCCCN)CCN(CC(=O)N(CCN(CCCCN)CC(=O)O)Cc1ccccc1)Cc1ccccc1)Cc1ccccc1)Cc1ccccc1)Cc1ccccc1)Cc1ccccc1. The lowest BCUT2D eigenvalue weighted by atomic mass is 10.2. The lowest BCUT2D eigenvalue weighted by Gasteiger charge is -2.33. The number of nitrogens with two attached hydrogens (primary N) is 4. The number of hydrogen-bond donors (Lipinski definition) is 6. The number of nitrogens with one attached hydrogen (secondary N) is 1. The smallest absolute Gasteiger partial charge is 0.317 e. The first kappa shape index (κ1) is 79.3. The Kier molecular flexibility index (Phi) is 38.9. The van der Waals surface area contributed by atoms with E-state index >= 15 is 9.59 Å². The second-order valence-electron chi connectivity index (χ2n) is 25.6. The Morgan fingerprint density at radius 3 is 0.867 bits per heavy atom. The summed E-state index contributed by atoms with van der Waals surface area (Å²) in [5, 5.41) is 13.4. The van der Waals surface area contributed by atoms with E-state index in [-0.39, 0.29) is 56.4 Å². The molecule has 0 aliphatic carbocycles. The molecule has 0 fully saturated rings. The predicted molar refractivity (Wildman–Crippen MR) is 394 cm³/mol. The molecule has 0 radical (unpaired) electrons. The molecule has 0 aromatic heterocycles. The zero-order valence-corrected chi connectivity index (χ0v) is 58.3. The second-order valence-corrected chi connectivity index (χ2v) is 25.6. The van der Waals surface area contributed by atoms with Crippen molar-refractivity contribution in [3.63, 3.8) is 0 Å². The molecule has 10 N–H and O–H groups in total. The van der Waals surface area contributed by atoms with E-state index in [0.717, 1.165) is 91.4 Å². The molecule has 20 nitrogen and oxygen atoms in total. The third kappa shape index (κ3) is 32.8. The predicted octanol–water partition coefficient (Wildman–Crippen LogP) is 6.64. The van der Waals surface area contributed by atoms with Gasteiger partial charge in [0.25, 0.3) is 0 Å². The molecular formula is C78H114N14O6. The fraction of sp³-hybridized carbons (Fsp3) is 0.474. The van der Waals surface area contributed by atoms with Crippen LogP contribution >= 0.6 is 0 Å². The number of carbonyl (C=O) groups excluding carboxylic acids is 4. The summed E-state index contributed by atoms with van der Waals surface area (Å²) in [5.74, 6) is -1.13. The van der Waals surface area contributed by atoms with Crippen molar-refractivity contribution in [2.45, 2.75) is 90.6 Å². The van der Waals surface area contributed by atoms with Crippen molar-refractivity contribution in [2.24, 2.45) is 22.9 Å². The van der Waals surface area contributed by atoms with Crippen LogP contribution in [0.2, 0.25) is 0 Å². The van der Waals surface area contributed by atoms with Crippen LogP contribution in [-0.4, -0.2) is 229 Å². The minimum absolute atomic E-state index is 0.0171. The van der Waals surface area contributed by atoms with E-state index in [1.807, 2.05) is 170 Å². The molecule has 20 heteroatoms. The van der Waals surface area contributed by atoms with E-state index in [0.29, 0.717) is 150 Å². The molecule has 0 atom stereocenters. The number of nitrogens with zero attached hydrogens (tertiary/aromatic N) is 9. The highest BCUT2D eigenvalue weighted by Crippen LogP contribution is 2.16. The van der Waals surface area contributed by atoms with Crippen molar-refractivity contribution in [3.05, 3.63) is 215 Å². The highest BCUT2D eigenvalue weighted by atomic mass is 16.4. The third-order valence-electron chi connectivity index (χ3n) is 17.5. The summed E-state index contributed by atoms with van der Waals surface area (Å²) in [5.41, 5.74) is 29.9. The van der Waals surface area contributed by atoms with E-state index in [9.17, 15) is 19.5 Å². The molecule has 0 heterocycles. The minimum atomic E-state index is -0.925. The van der Waals surface area contributed by atoms with Crippen molar-refractivity contribution in [2.75, 3.05) is 151 Å². The van der Waals surface area contributed by atoms with Gasteiger partial charge >= 0.3 is 5.97 Å². The Morgan fingerprint density at radius 1 is 0.265 bits per heavy atom. The number of amides is 4.